The predicted octanol–water partition coefficient (Wildman–Crippen LogP) is 10.3. The minimum Gasteiger partial charge on any atom is -0.246 e. The molecule has 2 aromatic carbocycles. The summed E-state index contributed by atoms with van der Waals surface area (Å²) in [5.74, 6) is 9.06. The smallest absolute Gasteiger partial charge is 0.129 e. The van der Waals surface area contributed by atoms with Gasteiger partial charge in [0.25, 0.3) is 0 Å². The van der Waals surface area contributed by atoms with Crippen LogP contribution in [0.5, 0.6) is 0 Å². The third-order valence-corrected chi connectivity index (χ3v) is 10.2. The molecule has 0 bridgehead atoms. The summed E-state index contributed by atoms with van der Waals surface area (Å²) in [4.78, 5) is 7.90. The van der Waals surface area contributed by atoms with Gasteiger partial charge in [0.15, 0.2) is 0 Å². The van der Waals surface area contributed by atoms with E-state index in [0.717, 1.165) is 11.1 Å². The summed E-state index contributed by atoms with van der Waals surface area (Å²) in [6, 6.07) is 23.8. The van der Waals surface area contributed by atoms with Crippen molar-refractivity contribution in [3.63, 3.8) is 0 Å². The van der Waals surface area contributed by atoms with Crippen LogP contribution in [0.3, 0.4) is 0 Å². The molecule has 0 radical (unpaired) electrons. The van der Waals surface area contributed by atoms with Gasteiger partial charge in [-0.25, -0.2) is 9.97 Å². The average Bonchev–Trinajstić information content (AvgIpc) is 3.09. The van der Waals surface area contributed by atoms with Crippen molar-refractivity contribution in [3.05, 3.63) is 128 Å². The molecule has 0 saturated carbocycles. The molecule has 6 rings (SSSR count). The molecule has 0 atom stereocenters. The zero-order chi connectivity index (χ0) is 36.0. The van der Waals surface area contributed by atoms with Crippen molar-refractivity contribution in [2.24, 2.45) is 0 Å². The second-order valence-corrected chi connectivity index (χ2v) is 15.9. The number of hydrogen-bond acceptors (Lipinski definition) is 4. The number of terminal acetylenes is 1. The highest BCUT2D eigenvalue weighted by Crippen LogP contribution is 2.47. The molecular weight excluding hydrogens is 620 g/mol. The molecule has 2 aliphatic rings. The number of hydrogen-bond donors (Lipinski definition) is 0. The Hall–Kier alpha value is -4.87. The molecule has 0 fully saturated rings. The third kappa shape index (κ3) is 8.98. The fourth-order valence-corrected chi connectivity index (χ4v) is 6.57. The standard InChI is InChI=1S/C22H22N2.C16H20.C6H3ClN2/c1-21(2)11-12-22(3,4)20-13-16(7-10-19(20)21)5-8-18-9-6-17(14-23)15-24-18;1-6-12-7-8-13-14(11-12)16(4,5)10-9-15(13,2)3;7-6-2-1-5(3-8)4-9-6/h6-7,9-10,13,15H,11-12H2,1-4H3;1,7-8,11H,9-10H2,2-5H3;1-2,4H. The third-order valence-electron chi connectivity index (χ3n) is 9.96. The van der Waals surface area contributed by atoms with Crippen molar-refractivity contribution in [1.82, 2.24) is 9.97 Å². The molecule has 0 unspecified atom stereocenters. The van der Waals surface area contributed by atoms with Crippen molar-refractivity contribution in [2.75, 3.05) is 0 Å². The first-order valence-corrected chi connectivity index (χ1v) is 17.1. The molecule has 5 heteroatoms. The van der Waals surface area contributed by atoms with E-state index in [-0.39, 0.29) is 21.7 Å². The van der Waals surface area contributed by atoms with Crippen molar-refractivity contribution in [3.8, 4) is 36.3 Å². The Morgan fingerprint density at radius 1 is 0.551 bits per heavy atom. The van der Waals surface area contributed by atoms with E-state index in [1.165, 1.54) is 54.1 Å². The molecule has 0 N–H and O–H groups in total. The van der Waals surface area contributed by atoms with E-state index in [1.54, 1.807) is 30.5 Å². The maximum atomic E-state index is 8.81. The summed E-state index contributed by atoms with van der Waals surface area (Å²) in [5, 5.41) is 17.5. The molecule has 4 nitrogen and oxygen atoms in total. The highest BCUT2D eigenvalue weighted by atomic mass is 35.5. The zero-order valence-corrected chi connectivity index (χ0v) is 30.8. The molecule has 0 aliphatic heterocycles. The summed E-state index contributed by atoms with van der Waals surface area (Å²) in [6.07, 6.45) is 13.4. The van der Waals surface area contributed by atoms with Crippen LogP contribution in [0.2, 0.25) is 5.15 Å². The maximum absolute atomic E-state index is 8.81. The zero-order valence-electron chi connectivity index (χ0n) is 30.0. The first kappa shape index (κ1) is 37.0. The molecule has 49 heavy (non-hydrogen) atoms. The van der Waals surface area contributed by atoms with Crippen LogP contribution >= 0.6 is 11.6 Å². The Morgan fingerprint density at radius 2 is 0.980 bits per heavy atom. The Morgan fingerprint density at radius 3 is 1.41 bits per heavy atom. The van der Waals surface area contributed by atoms with Gasteiger partial charge in [-0.1, -0.05) is 91.0 Å². The summed E-state index contributed by atoms with van der Waals surface area (Å²) >= 11 is 5.45. The lowest BCUT2D eigenvalue weighted by molar-refractivity contribution is 0.332. The lowest BCUT2D eigenvalue weighted by Crippen LogP contribution is -2.33. The van der Waals surface area contributed by atoms with Crippen LogP contribution in [0.4, 0.5) is 0 Å². The molecule has 4 aromatic rings. The van der Waals surface area contributed by atoms with Gasteiger partial charge in [-0.3, -0.25) is 0 Å². The number of nitriles is 2. The van der Waals surface area contributed by atoms with E-state index in [1.807, 2.05) is 6.07 Å². The Labute approximate surface area is 298 Å². The van der Waals surface area contributed by atoms with E-state index < -0.39 is 0 Å². The minimum absolute atomic E-state index is 0.190. The lowest BCUT2D eigenvalue weighted by Gasteiger charge is -2.41. The van der Waals surface area contributed by atoms with Crippen LogP contribution in [0.25, 0.3) is 0 Å². The van der Waals surface area contributed by atoms with Gasteiger partial charge in [-0.15, -0.1) is 6.42 Å². The summed E-state index contributed by atoms with van der Waals surface area (Å²) in [6.45, 7) is 18.6. The van der Waals surface area contributed by atoms with E-state index in [4.69, 9.17) is 28.5 Å². The van der Waals surface area contributed by atoms with Crippen LogP contribution < -0.4 is 0 Å². The number of fused-ring (bicyclic) bond motifs is 2. The Kier molecular flexibility index (Phi) is 11.1. The summed E-state index contributed by atoms with van der Waals surface area (Å²) in [5.41, 5.74) is 10.5. The van der Waals surface area contributed by atoms with Crippen molar-refractivity contribution in [2.45, 2.75) is 103 Å². The number of halogens is 1. The molecular formula is C44H45ClN4. The van der Waals surface area contributed by atoms with Crippen molar-refractivity contribution in [1.29, 1.82) is 10.5 Å². The van der Waals surface area contributed by atoms with Crippen LogP contribution in [-0.4, -0.2) is 9.97 Å². The maximum Gasteiger partial charge on any atom is 0.129 e. The molecule has 0 spiro atoms. The van der Waals surface area contributed by atoms with E-state index in [9.17, 15) is 0 Å². The Balaban J connectivity index is 0.000000185. The van der Waals surface area contributed by atoms with Gasteiger partial charge in [-0.05, 0) is 124 Å². The number of benzene rings is 2. The van der Waals surface area contributed by atoms with Crippen LogP contribution in [0, 0.1) is 46.8 Å². The van der Waals surface area contributed by atoms with Crippen LogP contribution in [0.1, 0.15) is 131 Å². The first-order chi connectivity index (χ1) is 23.0. The van der Waals surface area contributed by atoms with Gasteiger partial charge in [0.1, 0.15) is 23.0 Å². The quantitative estimate of drug-likeness (QED) is 0.138. The molecule has 0 amide bonds. The second kappa shape index (κ2) is 14.7. The lowest BCUT2D eigenvalue weighted by atomic mass is 9.63. The Bertz CT molecular complexity index is 2000. The van der Waals surface area contributed by atoms with Gasteiger partial charge in [0, 0.05) is 23.5 Å². The fraction of sp³-hybridized carbons (Fsp3) is 0.364. The van der Waals surface area contributed by atoms with E-state index in [0.29, 0.717) is 22.0 Å². The molecule has 2 aromatic heterocycles. The van der Waals surface area contributed by atoms with Gasteiger partial charge in [-0.2, -0.15) is 10.5 Å². The van der Waals surface area contributed by atoms with Gasteiger partial charge >= 0.3 is 0 Å². The van der Waals surface area contributed by atoms with Gasteiger partial charge in [0.2, 0.25) is 0 Å². The van der Waals surface area contributed by atoms with E-state index in [2.05, 4.69) is 126 Å². The molecule has 0 saturated heterocycles. The van der Waals surface area contributed by atoms with Crippen LogP contribution in [-0.2, 0) is 21.7 Å². The van der Waals surface area contributed by atoms with Crippen molar-refractivity contribution >= 4 is 11.6 Å². The molecule has 2 aliphatic carbocycles. The van der Waals surface area contributed by atoms with Crippen LogP contribution in [0.15, 0.2) is 73.1 Å². The van der Waals surface area contributed by atoms with Crippen molar-refractivity contribution < 1.29 is 0 Å². The monoisotopic (exact) mass is 664 g/mol. The second-order valence-electron chi connectivity index (χ2n) is 15.5. The van der Waals surface area contributed by atoms with Gasteiger partial charge < -0.3 is 0 Å². The number of nitrogens with zero attached hydrogens (tertiary/aromatic N) is 4. The molecule has 2 heterocycles. The normalized spacial score (nSPS) is 16.8. The summed E-state index contributed by atoms with van der Waals surface area (Å²) < 4.78 is 0. The highest BCUT2D eigenvalue weighted by Gasteiger charge is 2.38. The summed E-state index contributed by atoms with van der Waals surface area (Å²) in [7, 11) is 0. The highest BCUT2D eigenvalue weighted by molar-refractivity contribution is 6.29. The number of pyridine rings is 2. The first-order valence-electron chi connectivity index (χ1n) is 16.7. The van der Waals surface area contributed by atoms with Gasteiger partial charge in [0.05, 0.1) is 11.1 Å². The fourth-order valence-electron chi connectivity index (χ4n) is 6.46. The minimum atomic E-state index is 0.190. The molecule has 248 valence electrons. The largest absolute Gasteiger partial charge is 0.246 e. The number of rotatable bonds is 0. The predicted molar refractivity (Wildman–Crippen MR) is 200 cm³/mol. The average molecular weight is 665 g/mol. The topological polar surface area (TPSA) is 73.4 Å². The number of aromatic nitrogens is 2. The SMILES string of the molecule is C#Cc1ccc2c(c1)C(C)(C)CCC2(C)C.CC1(C)CCC(C)(C)c2cc(C#Cc3ccc(C#N)cn3)ccc21.N#Cc1ccc(Cl)nc1. The van der Waals surface area contributed by atoms with E-state index >= 15 is 0 Å².